The van der Waals surface area contributed by atoms with E-state index in [1.54, 1.807) is 0 Å². The van der Waals surface area contributed by atoms with Crippen LogP contribution in [0.4, 0.5) is 11.5 Å². The summed E-state index contributed by atoms with van der Waals surface area (Å²) in [6.45, 7) is 1.67. The molecule has 0 radical (unpaired) electrons. The van der Waals surface area contributed by atoms with Gasteiger partial charge >= 0.3 is 0 Å². The SMILES string of the molecule is N#Cc1ccc(CCN[C@@H](c2ccccc2)[C@H]2CNc3cccnc3N2)cc1. The molecule has 2 atom stereocenters. The number of nitrogens with zero attached hydrogens (tertiary/aromatic N) is 2. The molecule has 28 heavy (non-hydrogen) atoms. The Bertz CT molecular complexity index is 947. The molecule has 0 amide bonds. The maximum absolute atomic E-state index is 8.94. The molecule has 0 fully saturated rings. The Morgan fingerprint density at radius 1 is 1.07 bits per heavy atom. The Balaban J connectivity index is 1.46. The average Bonchev–Trinajstić information content (AvgIpc) is 2.77. The first kappa shape index (κ1) is 18.0. The summed E-state index contributed by atoms with van der Waals surface area (Å²) in [4.78, 5) is 4.46. The van der Waals surface area contributed by atoms with Gasteiger partial charge in [0.1, 0.15) is 5.82 Å². The molecule has 0 saturated heterocycles. The Labute approximate surface area is 165 Å². The number of fused-ring (bicyclic) bond motifs is 1. The van der Waals surface area contributed by atoms with Gasteiger partial charge in [0.2, 0.25) is 0 Å². The first-order valence-corrected chi connectivity index (χ1v) is 9.56. The Morgan fingerprint density at radius 3 is 2.68 bits per heavy atom. The number of benzene rings is 2. The first-order valence-electron chi connectivity index (χ1n) is 9.56. The van der Waals surface area contributed by atoms with E-state index in [0.29, 0.717) is 5.56 Å². The maximum atomic E-state index is 8.94. The molecule has 5 nitrogen and oxygen atoms in total. The van der Waals surface area contributed by atoms with Gasteiger partial charge in [0, 0.05) is 12.7 Å². The predicted molar refractivity (Wildman–Crippen MR) is 112 cm³/mol. The minimum absolute atomic E-state index is 0.155. The van der Waals surface area contributed by atoms with E-state index >= 15 is 0 Å². The van der Waals surface area contributed by atoms with Gasteiger partial charge in [-0.05, 0) is 48.4 Å². The molecule has 1 aliphatic heterocycles. The molecule has 5 heteroatoms. The maximum Gasteiger partial charge on any atom is 0.149 e. The third-order valence-corrected chi connectivity index (χ3v) is 5.06. The predicted octanol–water partition coefficient (Wildman–Crippen LogP) is 3.73. The van der Waals surface area contributed by atoms with E-state index < -0.39 is 0 Å². The molecule has 1 aliphatic rings. The van der Waals surface area contributed by atoms with Crippen LogP contribution in [0.2, 0.25) is 0 Å². The Hall–Kier alpha value is -3.36. The normalized spacial score (nSPS) is 16.2. The number of pyridine rings is 1. The van der Waals surface area contributed by atoms with E-state index in [1.165, 1.54) is 11.1 Å². The van der Waals surface area contributed by atoms with Gasteiger partial charge in [-0.3, -0.25) is 0 Å². The number of nitrogens with one attached hydrogen (secondary N) is 3. The van der Waals surface area contributed by atoms with E-state index in [9.17, 15) is 0 Å². The Morgan fingerprint density at radius 2 is 1.89 bits per heavy atom. The monoisotopic (exact) mass is 369 g/mol. The van der Waals surface area contributed by atoms with Crippen molar-refractivity contribution in [2.75, 3.05) is 23.7 Å². The molecule has 0 spiro atoms. The summed E-state index contributed by atoms with van der Waals surface area (Å²) < 4.78 is 0. The molecule has 3 aromatic rings. The van der Waals surface area contributed by atoms with Gasteiger partial charge in [-0.2, -0.15) is 5.26 Å². The number of hydrogen-bond acceptors (Lipinski definition) is 5. The summed E-state index contributed by atoms with van der Waals surface area (Å²) in [6.07, 6.45) is 2.72. The van der Waals surface area contributed by atoms with Crippen LogP contribution in [0.1, 0.15) is 22.7 Å². The lowest BCUT2D eigenvalue weighted by molar-refractivity contribution is 0.472. The standard InChI is InChI=1S/C23H23N5/c24-15-18-10-8-17(9-11-18)12-14-25-22(19-5-2-1-3-6-19)21-16-27-20-7-4-13-26-23(20)28-21/h1-11,13,21-22,25,27H,12,14,16H2,(H,26,28)/t21-,22+/m1/s1. The number of anilines is 2. The molecular weight excluding hydrogens is 346 g/mol. The topological polar surface area (TPSA) is 72.8 Å². The summed E-state index contributed by atoms with van der Waals surface area (Å²) in [5.74, 6) is 0.897. The third-order valence-electron chi connectivity index (χ3n) is 5.06. The van der Waals surface area contributed by atoms with E-state index in [2.05, 4.69) is 51.3 Å². The number of rotatable bonds is 6. The van der Waals surface area contributed by atoms with Crippen molar-refractivity contribution in [1.29, 1.82) is 5.26 Å². The van der Waals surface area contributed by atoms with E-state index in [1.807, 2.05) is 48.7 Å². The highest BCUT2D eigenvalue weighted by atomic mass is 15.2. The quantitative estimate of drug-likeness (QED) is 0.617. The van der Waals surface area contributed by atoms with E-state index in [0.717, 1.165) is 31.0 Å². The summed E-state index contributed by atoms with van der Waals surface area (Å²) in [5.41, 5.74) is 4.21. The average molecular weight is 369 g/mol. The van der Waals surface area contributed by atoms with Crippen molar-refractivity contribution < 1.29 is 0 Å². The van der Waals surface area contributed by atoms with Gasteiger partial charge in [0.25, 0.3) is 0 Å². The van der Waals surface area contributed by atoms with Gasteiger partial charge in [-0.25, -0.2) is 4.98 Å². The summed E-state index contributed by atoms with van der Waals surface area (Å²) >= 11 is 0. The van der Waals surface area contributed by atoms with Crippen LogP contribution in [0.3, 0.4) is 0 Å². The highest BCUT2D eigenvalue weighted by Gasteiger charge is 2.27. The molecule has 1 aromatic heterocycles. The fraction of sp³-hybridized carbons (Fsp3) is 0.217. The molecule has 4 rings (SSSR count). The molecule has 2 aromatic carbocycles. The van der Waals surface area contributed by atoms with Crippen molar-refractivity contribution in [3.63, 3.8) is 0 Å². The van der Waals surface area contributed by atoms with Crippen molar-refractivity contribution in [2.24, 2.45) is 0 Å². The van der Waals surface area contributed by atoms with Gasteiger partial charge < -0.3 is 16.0 Å². The van der Waals surface area contributed by atoms with Gasteiger partial charge in [-0.15, -0.1) is 0 Å². The van der Waals surface area contributed by atoms with E-state index in [4.69, 9.17) is 5.26 Å². The lowest BCUT2D eigenvalue weighted by Crippen LogP contribution is -2.44. The van der Waals surface area contributed by atoms with Gasteiger partial charge in [-0.1, -0.05) is 42.5 Å². The first-order chi connectivity index (χ1) is 13.8. The molecule has 0 unspecified atom stereocenters. The van der Waals surface area contributed by atoms with E-state index in [-0.39, 0.29) is 12.1 Å². The van der Waals surface area contributed by atoms with Crippen LogP contribution in [-0.2, 0) is 6.42 Å². The van der Waals surface area contributed by atoms with Crippen molar-refractivity contribution in [1.82, 2.24) is 10.3 Å². The number of nitriles is 1. The van der Waals surface area contributed by atoms with Crippen molar-refractivity contribution in [3.8, 4) is 6.07 Å². The second-order valence-electron chi connectivity index (χ2n) is 6.93. The second-order valence-corrected chi connectivity index (χ2v) is 6.93. The Kier molecular flexibility index (Phi) is 5.51. The highest BCUT2D eigenvalue weighted by Crippen LogP contribution is 2.28. The van der Waals surface area contributed by atoms with Crippen molar-refractivity contribution in [3.05, 3.63) is 89.6 Å². The molecule has 140 valence electrons. The number of hydrogen-bond donors (Lipinski definition) is 3. The van der Waals surface area contributed by atoms with Gasteiger partial charge in [0.15, 0.2) is 0 Å². The lowest BCUT2D eigenvalue weighted by Gasteiger charge is -2.34. The van der Waals surface area contributed by atoms with Crippen molar-refractivity contribution >= 4 is 11.5 Å². The largest absolute Gasteiger partial charge is 0.380 e. The van der Waals surface area contributed by atoms with Crippen LogP contribution in [0.15, 0.2) is 72.9 Å². The molecule has 0 aliphatic carbocycles. The smallest absolute Gasteiger partial charge is 0.149 e. The zero-order valence-electron chi connectivity index (χ0n) is 15.6. The van der Waals surface area contributed by atoms with Crippen LogP contribution < -0.4 is 16.0 Å². The van der Waals surface area contributed by atoms with Crippen LogP contribution >= 0.6 is 0 Å². The molecule has 0 saturated carbocycles. The molecular formula is C23H23N5. The fourth-order valence-electron chi connectivity index (χ4n) is 3.58. The van der Waals surface area contributed by atoms with Gasteiger partial charge in [0.05, 0.1) is 29.4 Å². The van der Waals surface area contributed by atoms with Crippen LogP contribution in [0.5, 0.6) is 0 Å². The van der Waals surface area contributed by atoms with Crippen molar-refractivity contribution in [2.45, 2.75) is 18.5 Å². The highest BCUT2D eigenvalue weighted by molar-refractivity contribution is 5.67. The third kappa shape index (κ3) is 4.13. The number of aromatic nitrogens is 1. The summed E-state index contributed by atoms with van der Waals surface area (Å²) in [6, 6.07) is 24.8. The summed E-state index contributed by atoms with van der Waals surface area (Å²) in [5, 5.41) is 19.7. The molecule has 3 N–H and O–H groups in total. The summed E-state index contributed by atoms with van der Waals surface area (Å²) in [7, 11) is 0. The molecule has 2 heterocycles. The zero-order valence-corrected chi connectivity index (χ0v) is 15.6. The van der Waals surface area contributed by atoms with Crippen LogP contribution in [0.25, 0.3) is 0 Å². The second kappa shape index (κ2) is 8.55. The lowest BCUT2D eigenvalue weighted by atomic mass is 9.97. The molecule has 0 bridgehead atoms. The van der Waals surface area contributed by atoms with Crippen LogP contribution in [0, 0.1) is 11.3 Å². The zero-order chi connectivity index (χ0) is 19.2. The minimum Gasteiger partial charge on any atom is -0.380 e. The fourth-order valence-corrected chi connectivity index (χ4v) is 3.58. The minimum atomic E-state index is 0.155. The van der Waals surface area contributed by atoms with Crippen LogP contribution in [-0.4, -0.2) is 24.1 Å².